The third kappa shape index (κ3) is 2.54. The molecule has 0 bridgehead atoms. The van der Waals surface area contributed by atoms with E-state index in [0.29, 0.717) is 12.2 Å². The van der Waals surface area contributed by atoms with Gasteiger partial charge in [0.05, 0.1) is 6.61 Å². The van der Waals surface area contributed by atoms with Crippen molar-refractivity contribution < 1.29 is 14.2 Å². The summed E-state index contributed by atoms with van der Waals surface area (Å²) < 4.78 is 19.3. The van der Waals surface area contributed by atoms with Crippen molar-refractivity contribution in [2.24, 2.45) is 0 Å². The number of benzene rings is 2. The van der Waals surface area contributed by atoms with Gasteiger partial charge < -0.3 is 9.84 Å². The van der Waals surface area contributed by atoms with E-state index in [9.17, 15) is 9.50 Å². The minimum atomic E-state index is -0.433. The van der Waals surface area contributed by atoms with Gasteiger partial charge in [0.15, 0.2) is 11.6 Å². The number of ether oxygens (including phenoxy) is 1. The van der Waals surface area contributed by atoms with Crippen LogP contribution in [0.3, 0.4) is 0 Å². The third-order valence-electron chi connectivity index (χ3n) is 3.76. The van der Waals surface area contributed by atoms with Crippen LogP contribution in [-0.2, 0) is 26.1 Å². The molecule has 104 valence electrons. The Bertz CT molecular complexity index is 622. The van der Waals surface area contributed by atoms with Crippen molar-refractivity contribution in [2.75, 3.05) is 0 Å². The predicted octanol–water partition coefficient (Wildman–Crippen LogP) is 3.39. The number of aliphatic hydroxyl groups excluding tert-OH is 1. The second kappa shape index (κ2) is 5.63. The molecule has 0 saturated heterocycles. The van der Waals surface area contributed by atoms with Gasteiger partial charge in [-0.25, -0.2) is 4.39 Å². The highest BCUT2D eigenvalue weighted by Crippen LogP contribution is 2.26. The zero-order chi connectivity index (χ0) is 13.9. The highest BCUT2D eigenvalue weighted by Gasteiger charge is 2.12. The second-order valence-electron chi connectivity index (χ2n) is 5.13. The van der Waals surface area contributed by atoms with E-state index in [1.165, 1.54) is 23.6 Å². The van der Waals surface area contributed by atoms with Gasteiger partial charge in [-0.2, -0.15) is 0 Å². The zero-order valence-electron chi connectivity index (χ0n) is 11.2. The van der Waals surface area contributed by atoms with Crippen LogP contribution in [0.15, 0.2) is 36.4 Å². The molecule has 0 unspecified atom stereocenters. The Balaban J connectivity index is 1.77. The van der Waals surface area contributed by atoms with Gasteiger partial charge in [0.25, 0.3) is 0 Å². The van der Waals surface area contributed by atoms with Crippen LogP contribution in [-0.4, -0.2) is 5.11 Å². The number of aliphatic hydroxyl groups is 1. The fraction of sp³-hybridized carbons (Fsp3) is 0.294. The van der Waals surface area contributed by atoms with Crippen molar-refractivity contribution in [1.82, 2.24) is 0 Å². The van der Waals surface area contributed by atoms with Gasteiger partial charge in [0, 0.05) is 5.56 Å². The minimum absolute atomic E-state index is 0.149. The van der Waals surface area contributed by atoms with Gasteiger partial charge in [-0.3, -0.25) is 0 Å². The standard InChI is InChI=1S/C17H17FO2/c18-16-6-2-5-15(10-19)17(16)20-11-12-7-8-13-3-1-4-14(13)9-12/h2,5-9,19H,1,3-4,10-11H2. The molecule has 1 aliphatic rings. The van der Waals surface area contributed by atoms with Crippen LogP contribution in [0, 0.1) is 5.82 Å². The molecule has 0 amide bonds. The van der Waals surface area contributed by atoms with Crippen molar-refractivity contribution in [3.05, 3.63) is 64.5 Å². The molecule has 0 heterocycles. The van der Waals surface area contributed by atoms with E-state index >= 15 is 0 Å². The molecule has 20 heavy (non-hydrogen) atoms. The first-order valence-corrected chi connectivity index (χ1v) is 6.89. The topological polar surface area (TPSA) is 29.5 Å². The fourth-order valence-corrected chi connectivity index (χ4v) is 2.71. The summed E-state index contributed by atoms with van der Waals surface area (Å²) in [6.07, 6.45) is 3.48. The third-order valence-corrected chi connectivity index (χ3v) is 3.76. The van der Waals surface area contributed by atoms with E-state index in [1.807, 2.05) is 6.07 Å². The maximum Gasteiger partial charge on any atom is 0.165 e. The van der Waals surface area contributed by atoms with Gasteiger partial charge in [-0.15, -0.1) is 0 Å². The number of halogens is 1. The van der Waals surface area contributed by atoms with Crippen molar-refractivity contribution in [2.45, 2.75) is 32.5 Å². The zero-order valence-corrected chi connectivity index (χ0v) is 11.2. The Labute approximate surface area is 117 Å². The molecule has 2 aromatic carbocycles. The summed E-state index contributed by atoms with van der Waals surface area (Å²) in [5.74, 6) is -0.284. The number of aryl methyl sites for hydroxylation is 2. The molecule has 0 saturated carbocycles. The lowest BCUT2D eigenvalue weighted by Crippen LogP contribution is -2.01. The summed E-state index contributed by atoms with van der Waals surface area (Å²) in [5, 5.41) is 9.22. The summed E-state index contributed by atoms with van der Waals surface area (Å²) in [6, 6.07) is 10.9. The van der Waals surface area contributed by atoms with Crippen molar-refractivity contribution in [3.63, 3.8) is 0 Å². The molecule has 0 aromatic heterocycles. The Morgan fingerprint density at radius 3 is 2.80 bits per heavy atom. The minimum Gasteiger partial charge on any atom is -0.485 e. The maximum absolute atomic E-state index is 13.7. The van der Waals surface area contributed by atoms with Crippen LogP contribution >= 0.6 is 0 Å². The summed E-state index contributed by atoms with van der Waals surface area (Å²) in [6.45, 7) is 0.0957. The van der Waals surface area contributed by atoms with Gasteiger partial charge in [0.1, 0.15) is 6.61 Å². The quantitative estimate of drug-likeness (QED) is 0.924. The number of para-hydroxylation sites is 1. The maximum atomic E-state index is 13.7. The average Bonchev–Trinajstić information content (AvgIpc) is 2.93. The number of hydrogen-bond acceptors (Lipinski definition) is 2. The lowest BCUT2D eigenvalue weighted by atomic mass is 10.1. The summed E-state index contributed by atoms with van der Waals surface area (Å²) in [4.78, 5) is 0. The van der Waals surface area contributed by atoms with Gasteiger partial charge in [-0.05, 0) is 42.0 Å². The first-order chi connectivity index (χ1) is 9.78. The Hall–Kier alpha value is -1.87. The van der Waals surface area contributed by atoms with E-state index in [1.54, 1.807) is 12.1 Å². The van der Waals surface area contributed by atoms with Gasteiger partial charge in [-0.1, -0.05) is 30.3 Å². The Morgan fingerprint density at radius 2 is 1.95 bits per heavy atom. The van der Waals surface area contributed by atoms with E-state index < -0.39 is 5.82 Å². The van der Waals surface area contributed by atoms with E-state index in [4.69, 9.17) is 4.74 Å². The molecule has 1 aliphatic carbocycles. The van der Waals surface area contributed by atoms with Crippen LogP contribution in [0.2, 0.25) is 0 Å². The smallest absolute Gasteiger partial charge is 0.165 e. The molecule has 1 N–H and O–H groups in total. The molecule has 0 radical (unpaired) electrons. The van der Waals surface area contributed by atoms with Crippen molar-refractivity contribution in [1.29, 1.82) is 0 Å². The number of hydrogen-bond donors (Lipinski definition) is 1. The van der Waals surface area contributed by atoms with Crippen molar-refractivity contribution in [3.8, 4) is 5.75 Å². The van der Waals surface area contributed by atoms with E-state index in [2.05, 4.69) is 12.1 Å². The average molecular weight is 272 g/mol. The number of fused-ring (bicyclic) bond motifs is 1. The molecule has 0 fully saturated rings. The molecular weight excluding hydrogens is 255 g/mol. The first kappa shape index (κ1) is 13.1. The monoisotopic (exact) mass is 272 g/mol. The van der Waals surface area contributed by atoms with Gasteiger partial charge >= 0.3 is 0 Å². The lowest BCUT2D eigenvalue weighted by Gasteiger charge is -2.12. The van der Waals surface area contributed by atoms with Gasteiger partial charge in [0.2, 0.25) is 0 Å². The van der Waals surface area contributed by atoms with Crippen molar-refractivity contribution >= 4 is 0 Å². The molecule has 0 spiro atoms. The predicted molar refractivity (Wildman–Crippen MR) is 75.1 cm³/mol. The van der Waals surface area contributed by atoms with Crippen LogP contribution in [0.1, 0.15) is 28.7 Å². The molecule has 3 heteroatoms. The molecule has 2 aromatic rings. The van der Waals surface area contributed by atoms with Crippen LogP contribution in [0.4, 0.5) is 4.39 Å². The summed E-state index contributed by atoms with van der Waals surface area (Å²) in [7, 11) is 0. The van der Waals surface area contributed by atoms with E-state index in [0.717, 1.165) is 18.4 Å². The van der Waals surface area contributed by atoms with E-state index in [-0.39, 0.29) is 12.4 Å². The van der Waals surface area contributed by atoms with Crippen LogP contribution in [0.25, 0.3) is 0 Å². The lowest BCUT2D eigenvalue weighted by molar-refractivity contribution is 0.251. The fourth-order valence-electron chi connectivity index (χ4n) is 2.71. The number of rotatable bonds is 4. The molecular formula is C17H17FO2. The molecule has 2 nitrogen and oxygen atoms in total. The van der Waals surface area contributed by atoms with Crippen LogP contribution < -0.4 is 4.74 Å². The molecule has 0 aliphatic heterocycles. The molecule has 3 rings (SSSR count). The Morgan fingerprint density at radius 1 is 1.10 bits per heavy atom. The largest absolute Gasteiger partial charge is 0.485 e. The molecule has 0 atom stereocenters. The summed E-state index contributed by atoms with van der Waals surface area (Å²) >= 11 is 0. The Kier molecular flexibility index (Phi) is 3.70. The normalized spacial score (nSPS) is 13.3. The highest BCUT2D eigenvalue weighted by molar-refractivity contribution is 5.37. The highest BCUT2D eigenvalue weighted by atomic mass is 19.1. The summed E-state index contributed by atoms with van der Waals surface area (Å²) in [5.41, 5.74) is 4.31. The van der Waals surface area contributed by atoms with Crippen LogP contribution in [0.5, 0.6) is 5.75 Å². The first-order valence-electron chi connectivity index (χ1n) is 6.89. The SMILES string of the molecule is OCc1cccc(F)c1OCc1ccc2c(c1)CCC2. The second-order valence-corrected chi connectivity index (χ2v) is 5.13.